The first-order valence-corrected chi connectivity index (χ1v) is 4.90. The van der Waals surface area contributed by atoms with Gasteiger partial charge in [0.25, 0.3) is 5.17 Å². The first-order chi connectivity index (χ1) is 5.54. The predicted molar refractivity (Wildman–Crippen MR) is 54.2 cm³/mol. The quantitative estimate of drug-likeness (QED) is 0.614. The minimum atomic E-state index is 0.451. The van der Waals surface area contributed by atoms with Crippen molar-refractivity contribution in [1.82, 2.24) is 4.90 Å². The first kappa shape index (κ1) is 9.78. The largest absolute Gasteiger partial charge is 0.469 e. The van der Waals surface area contributed by atoms with Gasteiger partial charge in [-0.1, -0.05) is 13.8 Å². The maximum absolute atomic E-state index is 5.36. The van der Waals surface area contributed by atoms with Gasteiger partial charge in [-0.2, -0.15) is 0 Å². The van der Waals surface area contributed by atoms with Crippen molar-refractivity contribution >= 4 is 17.4 Å². The van der Waals surface area contributed by atoms with Crippen LogP contribution in [0.2, 0.25) is 0 Å². The van der Waals surface area contributed by atoms with E-state index in [2.05, 4.69) is 32.6 Å². The van der Waals surface area contributed by atoms with Crippen LogP contribution in [0.5, 0.6) is 0 Å². The molecule has 0 saturated carbocycles. The molecule has 1 aliphatic heterocycles. The lowest BCUT2D eigenvalue weighted by atomic mass is 10.0. The Morgan fingerprint density at radius 1 is 1.42 bits per heavy atom. The minimum absolute atomic E-state index is 0.451. The van der Waals surface area contributed by atoms with Crippen LogP contribution in [0.3, 0.4) is 0 Å². The van der Waals surface area contributed by atoms with Crippen LogP contribution in [0.4, 0.5) is 0 Å². The molecule has 1 aliphatic rings. The molecule has 0 amide bonds. The van der Waals surface area contributed by atoms with Crippen LogP contribution >= 0.6 is 12.2 Å². The fraction of sp³-hybridized carbons (Fsp3) is 0.889. The van der Waals surface area contributed by atoms with Gasteiger partial charge in [-0.3, -0.25) is 0 Å². The Kier molecular flexibility index (Phi) is 2.94. The molecular formula is C9H17NOS. The van der Waals surface area contributed by atoms with Crippen molar-refractivity contribution < 1.29 is 4.74 Å². The van der Waals surface area contributed by atoms with Gasteiger partial charge in [-0.05, 0) is 32.0 Å². The van der Waals surface area contributed by atoms with Crippen molar-refractivity contribution in [2.24, 2.45) is 5.92 Å². The van der Waals surface area contributed by atoms with Gasteiger partial charge in [0.2, 0.25) is 0 Å². The number of hydrogen-bond donors (Lipinski definition) is 0. The summed E-state index contributed by atoms with van der Waals surface area (Å²) in [6.07, 6.45) is 0. The van der Waals surface area contributed by atoms with Gasteiger partial charge in [-0.25, -0.2) is 0 Å². The van der Waals surface area contributed by atoms with E-state index in [0.29, 0.717) is 23.2 Å². The molecule has 2 nitrogen and oxygen atoms in total. The number of nitrogens with zero attached hydrogens (tertiary/aromatic N) is 1. The number of rotatable bonds is 2. The summed E-state index contributed by atoms with van der Waals surface area (Å²) in [6.45, 7) is 9.47. The minimum Gasteiger partial charge on any atom is -0.469 e. The van der Waals surface area contributed by atoms with Crippen LogP contribution in [0.1, 0.15) is 27.7 Å². The molecule has 1 atom stereocenters. The highest BCUT2D eigenvalue weighted by atomic mass is 32.1. The van der Waals surface area contributed by atoms with Gasteiger partial charge in [0, 0.05) is 6.04 Å². The van der Waals surface area contributed by atoms with Crippen molar-refractivity contribution in [3.05, 3.63) is 0 Å². The highest BCUT2D eigenvalue weighted by molar-refractivity contribution is 7.80. The van der Waals surface area contributed by atoms with E-state index in [9.17, 15) is 0 Å². The van der Waals surface area contributed by atoms with E-state index in [4.69, 9.17) is 17.0 Å². The molecular weight excluding hydrogens is 170 g/mol. The van der Waals surface area contributed by atoms with Gasteiger partial charge in [-0.15, -0.1) is 0 Å². The molecule has 1 saturated heterocycles. The lowest BCUT2D eigenvalue weighted by molar-refractivity contribution is 0.228. The molecule has 0 spiro atoms. The third-order valence-corrected chi connectivity index (χ3v) is 2.60. The van der Waals surface area contributed by atoms with Crippen LogP contribution in [0.25, 0.3) is 0 Å². The zero-order valence-electron chi connectivity index (χ0n) is 8.20. The van der Waals surface area contributed by atoms with Crippen LogP contribution < -0.4 is 0 Å². The fourth-order valence-electron chi connectivity index (χ4n) is 1.55. The van der Waals surface area contributed by atoms with E-state index < -0.39 is 0 Å². The van der Waals surface area contributed by atoms with Crippen LogP contribution in [0, 0.1) is 5.92 Å². The van der Waals surface area contributed by atoms with Crippen molar-refractivity contribution in [2.45, 2.75) is 39.8 Å². The fourth-order valence-corrected chi connectivity index (χ4v) is 1.97. The van der Waals surface area contributed by atoms with Crippen molar-refractivity contribution in [3.63, 3.8) is 0 Å². The molecule has 0 aliphatic carbocycles. The van der Waals surface area contributed by atoms with E-state index in [1.54, 1.807) is 0 Å². The Morgan fingerprint density at radius 2 is 2.00 bits per heavy atom. The van der Waals surface area contributed by atoms with Crippen LogP contribution in [-0.2, 0) is 4.74 Å². The Labute approximate surface area is 79.9 Å². The summed E-state index contributed by atoms with van der Waals surface area (Å²) in [5.41, 5.74) is 0. The lowest BCUT2D eigenvalue weighted by Gasteiger charge is -2.29. The topological polar surface area (TPSA) is 12.5 Å². The average Bonchev–Trinajstić information content (AvgIpc) is 2.30. The molecule has 0 bridgehead atoms. The normalized spacial score (nSPS) is 24.0. The summed E-state index contributed by atoms with van der Waals surface area (Å²) in [7, 11) is 0. The monoisotopic (exact) mass is 187 g/mol. The molecule has 0 radical (unpaired) electrons. The average molecular weight is 187 g/mol. The molecule has 12 heavy (non-hydrogen) atoms. The number of thiocarbonyl (C=S) groups is 1. The van der Waals surface area contributed by atoms with Gasteiger partial charge in [0.15, 0.2) is 0 Å². The second kappa shape index (κ2) is 3.60. The van der Waals surface area contributed by atoms with Gasteiger partial charge in [0.05, 0.1) is 6.04 Å². The van der Waals surface area contributed by atoms with E-state index in [0.717, 1.165) is 6.61 Å². The molecule has 0 aromatic rings. The Bertz CT molecular complexity index is 179. The summed E-state index contributed by atoms with van der Waals surface area (Å²) >= 11 is 5.12. The standard InChI is InChI=1S/C9H17NOS/c1-6(2)8-5-11-9(12)10(8)7(3)4/h6-8H,5H2,1-4H3/t8-/m0/s1. The molecule has 0 N–H and O–H groups in total. The highest BCUT2D eigenvalue weighted by Gasteiger charge is 2.33. The zero-order chi connectivity index (χ0) is 9.30. The van der Waals surface area contributed by atoms with Crippen LogP contribution in [0.15, 0.2) is 0 Å². The predicted octanol–water partition coefficient (Wildman–Crippen LogP) is 2.04. The maximum Gasteiger partial charge on any atom is 0.259 e. The second-order valence-electron chi connectivity index (χ2n) is 3.89. The number of ether oxygens (including phenoxy) is 1. The molecule has 1 heterocycles. The van der Waals surface area contributed by atoms with Gasteiger partial charge in [0.1, 0.15) is 6.61 Å². The first-order valence-electron chi connectivity index (χ1n) is 4.49. The van der Waals surface area contributed by atoms with E-state index in [-0.39, 0.29) is 0 Å². The van der Waals surface area contributed by atoms with Crippen molar-refractivity contribution in [2.75, 3.05) is 6.61 Å². The molecule has 70 valence electrons. The smallest absolute Gasteiger partial charge is 0.259 e. The third kappa shape index (κ3) is 1.71. The SMILES string of the molecule is CC(C)[C@@H]1COC(=S)N1C(C)C. The second-order valence-corrected chi connectivity index (χ2v) is 4.24. The third-order valence-electron chi connectivity index (χ3n) is 2.27. The van der Waals surface area contributed by atoms with Crippen molar-refractivity contribution in [3.8, 4) is 0 Å². The summed E-state index contributed by atoms with van der Waals surface area (Å²) < 4.78 is 5.36. The lowest BCUT2D eigenvalue weighted by Crippen LogP contribution is -2.41. The summed E-state index contributed by atoms with van der Waals surface area (Å²) in [4.78, 5) is 2.19. The molecule has 0 aromatic heterocycles. The zero-order valence-corrected chi connectivity index (χ0v) is 9.02. The van der Waals surface area contributed by atoms with Gasteiger partial charge < -0.3 is 9.64 Å². The molecule has 3 heteroatoms. The van der Waals surface area contributed by atoms with Crippen molar-refractivity contribution in [1.29, 1.82) is 0 Å². The summed E-state index contributed by atoms with van der Waals surface area (Å²) in [5, 5.41) is 0.670. The Morgan fingerprint density at radius 3 is 2.33 bits per heavy atom. The number of hydrogen-bond acceptors (Lipinski definition) is 2. The molecule has 1 fully saturated rings. The summed E-state index contributed by atoms with van der Waals surface area (Å²) in [5.74, 6) is 0.604. The maximum atomic E-state index is 5.36. The van der Waals surface area contributed by atoms with E-state index in [1.165, 1.54) is 0 Å². The molecule has 0 unspecified atom stereocenters. The van der Waals surface area contributed by atoms with Crippen LogP contribution in [-0.4, -0.2) is 28.8 Å². The van der Waals surface area contributed by atoms with E-state index in [1.807, 2.05) is 0 Å². The van der Waals surface area contributed by atoms with Gasteiger partial charge >= 0.3 is 0 Å². The Balaban J connectivity index is 2.70. The molecule has 0 aromatic carbocycles. The highest BCUT2D eigenvalue weighted by Crippen LogP contribution is 2.21. The summed E-state index contributed by atoms with van der Waals surface area (Å²) in [6, 6.07) is 0.921. The molecule has 1 rings (SSSR count). The Hall–Kier alpha value is -0.310. The van der Waals surface area contributed by atoms with E-state index >= 15 is 0 Å².